The second-order valence-corrected chi connectivity index (χ2v) is 8.68. The molecule has 0 unspecified atom stereocenters. The Hall–Kier alpha value is -2.18. The predicted molar refractivity (Wildman–Crippen MR) is 112 cm³/mol. The van der Waals surface area contributed by atoms with Crippen LogP contribution in [0.15, 0.2) is 34.6 Å². The van der Waals surface area contributed by atoms with E-state index in [9.17, 15) is 0 Å². The number of aromatic nitrogens is 2. The molecule has 0 atom stereocenters. The zero-order chi connectivity index (χ0) is 19.8. The molecule has 0 aliphatic heterocycles. The average molecular weight is 431 g/mol. The van der Waals surface area contributed by atoms with Gasteiger partial charge >= 0.3 is 0 Å². The molecule has 6 nitrogen and oxygen atoms in total. The number of pyridine rings is 2. The van der Waals surface area contributed by atoms with E-state index in [1.54, 1.807) is 0 Å². The van der Waals surface area contributed by atoms with Crippen molar-refractivity contribution in [2.24, 2.45) is 15.7 Å². The van der Waals surface area contributed by atoms with Crippen LogP contribution in [0.1, 0.15) is 48.2 Å². The summed E-state index contributed by atoms with van der Waals surface area (Å²) in [6.07, 6.45) is 5.59. The van der Waals surface area contributed by atoms with Crippen LogP contribution >= 0.6 is 23.2 Å². The second-order valence-electron chi connectivity index (χ2n) is 7.91. The van der Waals surface area contributed by atoms with Crippen LogP contribution in [0.5, 0.6) is 0 Å². The minimum Gasteiger partial charge on any atom is -0.395 e. The van der Waals surface area contributed by atoms with Crippen molar-refractivity contribution in [3.63, 3.8) is 0 Å². The van der Waals surface area contributed by atoms with Crippen LogP contribution < -0.4 is 0 Å². The van der Waals surface area contributed by atoms with E-state index in [4.69, 9.17) is 32.9 Å². The minimum absolute atomic E-state index is 0.0134. The summed E-state index contributed by atoms with van der Waals surface area (Å²) in [6, 6.07) is 7.64. The maximum atomic E-state index is 6.01. The molecule has 1 saturated carbocycles. The molecule has 29 heavy (non-hydrogen) atoms. The number of aryl methyl sites for hydroxylation is 2. The number of nitrogens with zero attached hydrogens (tertiary/aromatic N) is 4. The molecule has 8 heteroatoms. The number of hydrogen-bond donors (Lipinski definition) is 0. The Morgan fingerprint density at radius 3 is 1.69 bits per heavy atom. The molecule has 0 amide bonds. The van der Waals surface area contributed by atoms with Gasteiger partial charge in [-0.15, -0.1) is 0 Å². The highest BCUT2D eigenvalue weighted by Crippen LogP contribution is 2.46. The van der Waals surface area contributed by atoms with Crippen LogP contribution in [0.4, 0.5) is 0 Å². The molecule has 0 bridgehead atoms. The van der Waals surface area contributed by atoms with E-state index in [1.807, 2.05) is 24.3 Å². The summed E-state index contributed by atoms with van der Waals surface area (Å²) < 4.78 is 0. The van der Waals surface area contributed by atoms with Gasteiger partial charge in [0.25, 0.3) is 0 Å². The highest BCUT2D eigenvalue weighted by molar-refractivity contribution is 6.30. The lowest BCUT2D eigenvalue weighted by Gasteiger charge is -2.12. The molecule has 2 heterocycles. The number of fused-ring (bicyclic) bond motifs is 2. The highest BCUT2D eigenvalue weighted by Gasteiger charge is 2.45. The van der Waals surface area contributed by atoms with Crippen molar-refractivity contribution in [1.29, 1.82) is 0 Å². The SMILES string of the molecule is Clc1ccc2c(n1)C(=NOCC1(CON=C3CCc4ccc(Cl)nc43)CC1)CC2. The topological polar surface area (TPSA) is 69.0 Å². The van der Waals surface area contributed by atoms with Crippen molar-refractivity contribution >= 4 is 34.6 Å². The maximum absolute atomic E-state index is 6.01. The molecule has 2 aromatic rings. The lowest BCUT2D eigenvalue weighted by Crippen LogP contribution is -2.16. The molecular formula is C21H20Cl2N4O2. The lowest BCUT2D eigenvalue weighted by molar-refractivity contribution is 0.0318. The molecule has 0 aromatic carbocycles. The number of hydrogen-bond acceptors (Lipinski definition) is 6. The number of oxime groups is 2. The van der Waals surface area contributed by atoms with Crippen molar-refractivity contribution in [2.75, 3.05) is 13.2 Å². The van der Waals surface area contributed by atoms with Gasteiger partial charge < -0.3 is 9.68 Å². The molecule has 1 fully saturated rings. The van der Waals surface area contributed by atoms with E-state index in [1.165, 1.54) is 11.1 Å². The van der Waals surface area contributed by atoms with Crippen molar-refractivity contribution < 1.29 is 9.68 Å². The van der Waals surface area contributed by atoms with Crippen LogP contribution in [0.2, 0.25) is 10.3 Å². The zero-order valence-corrected chi connectivity index (χ0v) is 17.3. The lowest BCUT2D eigenvalue weighted by atomic mass is 10.1. The zero-order valence-electron chi connectivity index (χ0n) is 15.8. The third kappa shape index (κ3) is 3.96. The van der Waals surface area contributed by atoms with Gasteiger partial charge in [0.15, 0.2) is 0 Å². The summed E-state index contributed by atoms with van der Waals surface area (Å²) in [6.45, 7) is 1.02. The Balaban J connectivity index is 1.17. The maximum Gasteiger partial charge on any atom is 0.129 e. The molecule has 0 saturated heterocycles. The van der Waals surface area contributed by atoms with Gasteiger partial charge in [0.05, 0.1) is 11.4 Å². The van der Waals surface area contributed by atoms with E-state index < -0.39 is 0 Å². The van der Waals surface area contributed by atoms with Crippen LogP contribution in [0.25, 0.3) is 0 Å². The van der Waals surface area contributed by atoms with Crippen LogP contribution in [-0.2, 0) is 22.5 Å². The Kier molecular flexibility index (Phi) is 4.92. The van der Waals surface area contributed by atoms with Crippen molar-refractivity contribution in [3.8, 4) is 0 Å². The highest BCUT2D eigenvalue weighted by atomic mass is 35.5. The second kappa shape index (κ2) is 7.58. The van der Waals surface area contributed by atoms with Gasteiger partial charge in [-0.2, -0.15) is 0 Å². The van der Waals surface area contributed by atoms with E-state index in [-0.39, 0.29) is 5.41 Å². The Bertz CT molecular complexity index is 940. The van der Waals surface area contributed by atoms with Gasteiger partial charge in [-0.25, -0.2) is 9.97 Å². The molecule has 0 radical (unpaired) electrons. The summed E-state index contributed by atoms with van der Waals surface area (Å²) in [5.41, 5.74) is 5.77. The van der Waals surface area contributed by atoms with Gasteiger partial charge in [0, 0.05) is 5.41 Å². The predicted octanol–water partition coefficient (Wildman–Crippen LogP) is 4.60. The van der Waals surface area contributed by atoms with Crippen LogP contribution in [0.3, 0.4) is 0 Å². The Morgan fingerprint density at radius 2 is 1.24 bits per heavy atom. The van der Waals surface area contributed by atoms with Gasteiger partial charge in [0.1, 0.15) is 34.9 Å². The summed E-state index contributed by atoms with van der Waals surface area (Å²) in [5.74, 6) is 0. The fraction of sp³-hybridized carbons (Fsp3) is 0.429. The molecular weight excluding hydrogens is 411 g/mol. The van der Waals surface area contributed by atoms with E-state index in [0.29, 0.717) is 23.5 Å². The first kappa shape index (κ1) is 18.8. The van der Waals surface area contributed by atoms with Crippen LogP contribution in [-0.4, -0.2) is 34.6 Å². The first-order chi connectivity index (χ1) is 14.1. The smallest absolute Gasteiger partial charge is 0.129 e. The fourth-order valence-electron chi connectivity index (χ4n) is 3.75. The molecule has 150 valence electrons. The minimum atomic E-state index is -0.0134. The Labute approximate surface area is 178 Å². The quantitative estimate of drug-likeness (QED) is 0.495. The molecule has 5 rings (SSSR count). The van der Waals surface area contributed by atoms with Crippen molar-refractivity contribution in [2.45, 2.75) is 38.5 Å². The number of halogens is 2. The van der Waals surface area contributed by atoms with Crippen molar-refractivity contribution in [3.05, 3.63) is 57.1 Å². The van der Waals surface area contributed by atoms with Gasteiger partial charge in [-0.3, -0.25) is 0 Å². The molecule has 2 aromatic heterocycles. The van der Waals surface area contributed by atoms with Crippen LogP contribution in [0, 0.1) is 5.41 Å². The first-order valence-electron chi connectivity index (χ1n) is 9.81. The molecule has 3 aliphatic rings. The summed E-state index contributed by atoms with van der Waals surface area (Å²) in [5, 5.41) is 9.63. The molecule has 3 aliphatic carbocycles. The normalized spacial score (nSPS) is 21.3. The van der Waals surface area contributed by atoms with E-state index >= 15 is 0 Å². The van der Waals surface area contributed by atoms with Gasteiger partial charge in [-0.1, -0.05) is 45.6 Å². The first-order valence-corrected chi connectivity index (χ1v) is 10.6. The largest absolute Gasteiger partial charge is 0.395 e. The third-order valence-electron chi connectivity index (χ3n) is 5.75. The summed E-state index contributed by atoms with van der Waals surface area (Å²) >= 11 is 12.0. The third-order valence-corrected chi connectivity index (χ3v) is 6.17. The molecule has 0 N–H and O–H groups in total. The summed E-state index contributed by atoms with van der Waals surface area (Å²) in [7, 11) is 0. The number of rotatable bonds is 6. The fourth-order valence-corrected chi connectivity index (χ4v) is 4.05. The van der Waals surface area contributed by atoms with E-state index in [2.05, 4.69) is 20.3 Å². The monoisotopic (exact) mass is 430 g/mol. The average Bonchev–Trinajstić information content (AvgIpc) is 3.19. The standard InChI is InChI=1S/C21H20Cl2N4O2/c22-17-7-3-13-1-5-15(19(13)24-17)26-28-11-21(9-10-21)12-29-27-16-6-2-14-4-8-18(23)25-20(14)16/h3-4,7-8H,1-2,5-6,9-12H2. The van der Waals surface area contributed by atoms with E-state index in [0.717, 1.165) is 61.3 Å². The summed E-state index contributed by atoms with van der Waals surface area (Å²) in [4.78, 5) is 20.1. The molecule has 0 spiro atoms. The van der Waals surface area contributed by atoms with Gasteiger partial charge in [-0.05, 0) is 61.8 Å². The van der Waals surface area contributed by atoms with Crippen molar-refractivity contribution in [1.82, 2.24) is 9.97 Å². The Morgan fingerprint density at radius 1 is 0.759 bits per heavy atom. The van der Waals surface area contributed by atoms with Gasteiger partial charge in [0.2, 0.25) is 0 Å².